The van der Waals surface area contributed by atoms with Crippen LogP contribution in [0.1, 0.15) is 43.8 Å². The summed E-state index contributed by atoms with van der Waals surface area (Å²) < 4.78 is 19.7. The summed E-state index contributed by atoms with van der Waals surface area (Å²) in [6, 6.07) is 9.29. The predicted octanol–water partition coefficient (Wildman–Crippen LogP) is 4.69. The van der Waals surface area contributed by atoms with Crippen LogP contribution in [0.15, 0.2) is 36.4 Å². The first-order chi connectivity index (χ1) is 16.8. The van der Waals surface area contributed by atoms with Crippen LogP contribution >= 0.6 is 23.2 Å². The standard InChI is InChI=1S/C25H26Cl2FN3O4/c26-14-1-8-22-18(11-14)21(32)13-23(35-22)24(33)29-15-2-4-16(5-3-15)30-9-10-31(25(30)34)17-6-7-19(27)20(28)12-17/h1,6-8,11-12,15-16,21,23,32H,2-5,9-10,13H2,(H,29,33)/t15-,16-,21-,23-/m1/s1. The molecule has 7 nitrogen and oxygen atoms in total. The van der Waals surface area contributed by atoms with E-state index < -0.39 is 18.0 Å². The van der Waals surface area contributed by atoms with E-state index in [1.165, 1.54) is 12.1 Å². The van der Waals surface area contributed by atoms with E-state index in [9.17, 15) is 19.1 Å². The zero-order chi connectivity index (χ0) is 24.7. The maximum absolute atomic E-state index is 13.9. The number of rotatable bonds is 4. The minimum absolute atomic E-state index is 0.0229. The number of nitrogens with zero attached hydrogens (tertiary/aromatic N) is 2. The lowest BCUT2D eigenvalue weighted by atomic mass is 9.90. The average Bonchev–Trinajstić information content (AvgIpc) is 3.23. The van der Waals surface area contributed by atoms with Gasteiger partial charge in [-0.1, -0.05) is 23.2 Å². The number of carbonyl (C=O) groups excluding carboxylic acids is 2. The molecule has 2 atom stereocenters. The van der Waals surface area contributed by atoms with Crippen molar-refractivity contribution in [1.29, 1.82) is 0 Å². The zero-order valence-corrected chi connectivity index (χ0v) is 20.4. The van der Waals surface area contributed by atoms with Crippen molar-refractivity contribution >= 4 is 40.8 Å². The Morgan fingerprint density at radius 1 is 1.09 bits per heavy atom. The highest BCUT2D eigenvalue weighted by Gasteiger charge is 2.38. The molecular weight excluding hydrogens is 496 g/mol. The normalized spacial score (nSPS) is 26.3. The monoisotopic (exact) mass is 521 g/mol. The molecule has 0 spiro atoms. The second-order valence-corrected chi connectivity index (χ2v) is 10.1. The van der Waals surface area contributed by atoms with E-state index >= 15 is 0 Å². The molecule has 2 heterocycles. The minimum Gasteiger partial charge on any atom is -0.480 e. The lowest BCUT2D eigenvalue weighted by molar-refractivity contribution is -0.131. The molecule has 2 aliphatic heterocycles. The van der Waals surface area contributed by atoms with Gasteiger partial charge in [-0.15, -0.1) is 0 Å². The number of carbonyl (C=O) groups is 2. The molecule has 2 N–H and O–H groups in total. The van der Waals surface area contributed by atoms with E-state index in [4.69, 9.17) is 27.9 Å². The lowest BCUT2D eigenvalue weighted by Crippen LogP contribution is -2.49. The summed E-state index contributed by atoms with van der Waals surface area (Å²) in [5.41, 5.74) is 1.09. The van der Waals surface area contributed by atoms with Crippen LogP contribution in [0.4, 0.5) is 14.9 Å². The van der Waals surface area contributed by atoms with Gasteiger partial charge >= 0.3 is 6.03 Å². The molecule has 1 saturated carbocycles. The molecule has 10 heteroatoms. The minimum atomic E-state index is -0.817. The van der Waals surface area contributed by atoms with Crippen molar-refractivity contribution in [3.63, 3.8) is 0 Å². The molecular formula is C25H26Cl2FN3O4. The van der Waals surface area contributed by atoms with Gasteiger partial charge in [-0.2, -0.15) is 0 Å². The highest BCUT2D eigenvalue weighted by molar-refractivity contribution is 6.31. The second kappa shape index (κ2) is 9.84. The van der Waals surface area contributed by atoms with E-state index in [1.807, 2.05) is 4.90 Å². The predicted molar refractivity (Wildman–Crippen MR) is 130 cm³/mol. The number of anilines is 1. The van der Waals surface area contributed by atoms with E-state index in [0.29, 0.717) is 35.1 Å². The first kappa shape index (κ1) is 24.2. The largest absolute Gasteiger partial charge is 0.480 e. The molecule has 0 aromatic heterocycles. The molecule has 2 aromatic carbocycles. The van der Waals surface area contributed by atoms with Crippen LogP contribution in [-0.2, 0) is 4.79 Å². The van der Waals surface area contributed by atoms with Crippen LogP contribution < -0.4 is 15.0 Å². The Bertz CT molecular complexity index is 1140. The van der Waals surface area contributed by atoms with Gasteiger partial charge in [-0.3, -0.25) is 9.69 Å². The Morgan fingerprint density at radius 3 is 2.60 bits per heavy atom. The number of hydrogen-bond acceptors (Lipinski definition) is 4. The number of urea groups is 1. The van der Waals surface area contributed by atoms with Crippen LogP contribution in [0, 0.1) is 5.82 Å². The van der Waals surface area contributed by atoms with Crippen molar-refractivity contribution < 1.29 is 23.8 Å². The fourth-order valence-electron chi connectivity index (χ4n) is 5.19. The number of ether oxygens (including phenoxy) is 1. The van der Waals surface area contributed by atoms with E-state index in [2.05, 4.69) is 5.32 Å². The van der Waals surface area contributed by atoms with Gasteiger partial charge in [0.05, 0.1) is 11.1 Å². The summed E-state index contributed by atoms with van der Waals surface area (Å²) in [4.78, 5) is 29.3. The van der Waals surface area contributed by atoms with Gasteiger partial charge in [0.1, 0.15) is 11.6 Å². The number of aliphatic hydroxyl groups is 1. The third-order valence-electron chi connectivity index (χ3n) is 7.07. The van der Waals surface area contributed by atoms with Crippen LogP contribution in [0.25, 0.3) is 0 Å². The third-order valence-corrected chi connectivity index (χ3v) is 7.61. The second-order valence-electron chi connectivity index (χ2n) is 9.28. The summed E-state index contributed by atoms with van der Waals surface area (Å²) in [7, 11) is 0. The van der Waals surface area contributed by atoms with Gasteiger partial charge in [0, 0.05) is 47.9 Å². The Morgan fingerprint density at radius 2 is 1.86 bits per heavy atom. The van der Waals surface area contributed by atoms with Gasteiger partial charge in [0.2, 0.25) is 0 Å². The fraction of sp³-hybridized carbons (Fsp3) is 0.440. The molecule has 1 aliphatic carbocycles. The van der Waals surface area contributed by atoms with E-state index in [1.54, 1.807) is 29.2 Å². The number of amides is 3. The van der Waals surface area contributed by atoms with Crippen molar-refractivity contribution in [3.8, 4) is 5.75 Å². The Kier molecular flexibility index (Phi) is 6.79. The van der Waals surface area contributed by atoms with Gasteiger partial charge in [-0.05, 0) is 62.1 Å². The average molecular weight is 522 g/mol. The Hall–Kier alpha value is -2.55. The smallest absolute Gasteiger partial charge is 0.324 e. The SMILES string of the molecule is O=C(N[C@H]1CC[C@H](N2CCN(c3ccc(Cl)c(F)c3)C2=O)CC1)[C@H]1C[C@@H](O)c2cc(Cl)ccc2O1. The molecule has 1 saturated heterocycles. The van der Waals surface area contributed by atoms with Crippen molar-refractivity contribution in [2.45, 2.75) is 56.4 Å². The van der Waals surface area contributed by atoms with E-state index in [-0.39, 0.29) is 35.5 Å². The number of benzene rings is 2. The fourth-order valence-corrected chi connectivity index (χ4v) is 5.49. The molecule has 3 amide bonds. The summed E-state index contributed by atoms with van der Waals surface area (Å²) in [6.07, 6.45) is 1.56. The number of halogens is 3. The summed E-state index contributed by atoms with van der Waals surface area (Å²) in [6.45, 7) is 1.06. The van der Waals surface area contributed by atoms with Crippen molar-refractivity contribution in [1.82, 2.24) is 10.2 Å². The topological polar surface area (TPSA) is 82.1 Å². The van der Waals surface area contributed by atoms with Gasteiger partial charge in [0.25, 0.3) is 5.91 Å². The molecule has 2 aromatic rings. The van der Waals surface area contributed by atoms with Crippen molar-refractivity contribution in [2.75, 3.05) is 18.0 Å². The molecule has 35 heavy (non-hydrogen) atoms. The molecule has 186 valence electrons. The van der Waals surface area contributed by atoms with Crippen LogP contribution in [0.5, 0.6) is 5.75 Å². The molecule has 3 aliphatic rings. The van der Waals surface area contributed by atoms with Crippen molar-refractivity contribution in [3.05, 3.63) is 57.8 Å². The molecule has 0 bridgehead atoms. The summed E-state index contributed by atoms with van der Waals surface area (Å²) >= 11 is 11.8. The third kappa shape index (κ3) is 4.92. The summed E-state index contributed by atoms with van der Waals surface area (Å²) in [5.74, 6) is -0.329. The first-order valence-corrected chi connectivity index (χ1v) is 12.5. The maximum atomic E-state index is 13.9. The van der Waals surface area contributed by atoms with Crippen LogP contribution in [0.3, 0.4) is 0 Å². The molecule has 0 unspecified atom stereocenters. The highest BCUT2D eigenvalue weighted by atomic mass is 35.5. The van der Waals surface area contributed by atoms with Gasteiger partial charge in [0.15, 0.2) is 6.10 Å². The Balaban J connectivity index is 1.14. The summed E-state index contributed by atoms with van der Waals surface area (Å²) in [5, 5.41) is 14.0. The number of nitrogens with one attached hydrogen (secondary N) is 1. The zero-order valence-electron chi connectivity index (χ0n) is 18.9. The molecule has 0 radical (unpaired) electrons. The molecule has 2 fully saturated rings. The lowest BCUT2D eigenvalue weighted by Gasteiger charge is -2.35. The highest BCUT2D eigenvalue weighted by Crippen LogP contribution is 2.37. The van der Waals surface area contributed by atoms with Gasteiger partial charge < -0.3 is 20.1 Å². The van der Waals surface area contributed by atoms with Gasteiger partial charge in [-0.25, -0.2) is 9.18 Å². The van der Waals surface area contributed by atoms with Crippen molar-refractivity contribution in [2.24, 2.45) is 0 Å². The number of aliphatic hydroxyl groups excluding tert-OH is 1. The Labute approximate surface area is 212 Å². The number of hydrogen-bond donors (Lipinski definition) is 2. The van der Waals surface area contributed by atoms with Crippen LogP contribution in [0.2, 0.25) is 10.0 Å². The first-order valence-electron chi connectivity index (χ1n) is 11.8. The number of fused-ring (bicyclic) bond motifs is 1. The maximum Gasteiger partial charge on any atom is 0.324 e. The quantitative estimate of drug-likeness (QED) is 0.611. The van der Waals surface area contributed by atoms with E-state index in [0.717, 1.165) is 25.7 Å². The molecule has 5 rings (SSSR count). The van der Waals surface area contributed by atoms with Crippen LogP contribution in [-0.4, -0.2) is 53.2 Å².